The molecule has 0 spiro atoms. The van der Waals surface area contributed by atoms with Gasteiger partial charge in [-0.3, -0.25) is 5.43 Å². The maximum atomic E-state index is 5.80. The number of thiocarbonyl (C=S) groups is 1. The molecule has 2 aromatic carbocycles. The number of para-hydroxylation sites is 1. The first-order valence-electron chi connectivity index (χ1n) is 7.14. The Kier molecular flexibility index (Phi) is 5.94. The van der Waals surface area contributed by atoms with Gasteiger partial charge in [-0.15, -0.1) is 0 Å². The molecule has 1 atom stereocenters. The summed E-state index contributed by atoms with van der Waals surface area (Å²) >= 11 is 4.70. The maximum absolute atomic E-state index is 5.80. The Morgan fingerprint density at radius 3 is 2.22 bits per heavy atom. The molecule has 2 rings (SSSR count). The Morgan fingerprint density at radius 2 is 1.61 bits per heavy atom. The van der Waals surface area contributed by atoms with Crippen molar-refractivity contribution in [3.05, 3.63) is 54.6 Å². The van der Waals surface area contributed by atoms with Gasteiger partial charge < -0.3 is 15.2 Å². The molecule has 0 aliphatic rings. The highest BCUT2D eigenvalue weighted by molar-refractivity contribution is 7.80. The van der Waals surface area contributed by atoms with Crippen molar-refractivity contribution in [2.24, 2.45) is 10.8 Å². The number of hydrazone groups is 1. The molecular weight excluding hydrogens is 310 g/mol. The van der Waals surface area contributed by atoms with Crippen molar-refractivity contribution in [2.75, 3.05) is 0 Å². The first kappa shape index (κ1) is 16.8. The molecule has 0 saturated heterocycles. The highest BCUT2D eigenvalue weighted by Crippen LogP contribution is 2.24. The van der Waals surface area contributed by atoms with Crippen LogP contribution >= 0.6 is 12.2 Å². The third-order valence-electron chi connectivity index (χ3n) is 3.05. The zero-order chi connectivity index (χ0) is 16.7. The Balaban J connectivity index is 1.94. The Bertz CT molecular complexity index is 672. The quantitative estimate of drug-likeness (QED) is 0.482. The van der Waals surface area contributed by atoms with Crippen LogP contribution in [0.1, 0.15) is 13.8 Å². The van der Waals surface area contributed by atoms with Gasteiger partial charge in [-0.2, -0.15) is 5.10 Å². The Labute approximate surface area is 141 Å². The zero-order valence-electron chi connectivity index (χ0n) is 13.0. The molecule has 1 unspecified atom stereocenters. The molecule has 6 heteroatoms. The number of nitrogens with two attached hydrogens (primary N) is 1. The average molecular weight is 329 g/mol. The van der Waals surface area contributed by atoms with Gasteiger partial charge in [0.25, 0.3) is 0 Å². The second-order valence-corrected chi connectivity index (χ2v) is 5.32. The molecule has 0 radical (unpaired) electrons. The number of benzene rings is 2. The van der Waals surface area contributed by atoms with Crippen molar-refractivity contribution >= 4 is 23.0 Å². The minimum atomic E-state index is -0.210. The lowest BCUT2D eigenvalue weighted by Crippen LogP contribution is -2.29. The number of hydrogen-bond donors (Lipinski definition) is 2. The molecule has 5 nitrogen and oxygen atoms in total. The van der Waals surface area contributed by atoms with E-state index in [0.717, 1.165) is 23.0 Å². The predicted molar refractivity (Wildman–Crippen MR) is 96.1 cm³/mol. The molecule has 3 N–H and O–H groups in total. The molecule has 0 fully saturated rings. The van der Waals surface area contributed by atoms with Crippen LogP contribution in [0.3, 0.4) is 0 Å². The third kappa shape index (κ3) is 5.60. The van der Waals surface area contributed by atoms with E-state index < -0.39 is 0 Å². The van der Waals surface area contributed by atoms with Gasteiger partial charge >= 0.3 is 0 Å². The van der Waals surface area contributed by atoms with Gasteiger partial charge in [0.15, 0.2) is 5.11 Å². The SMILES string of the molecule is C/C(=N\NC(N)=S)C(C)Oc1ccc(Oc2ccccc2)cc1. The molecule has 0 heterocycles. The Hall–Kier alpha value is -2.60. The fourth-order valence-electron chi connectivity index (χ4n) is 1.73. The van der Waals surface area contributed by atoms with E-state index in [1.165, 1.54) is 0 Å². The van der Waals surface area contributed by atoms with Crippen LogP contribution in [0, 0.1) is 0 Å². The maximum Gasteiger partial charge on any atom is 0.184 e. The van der Waals surface area contributed by atoms with Gasteiger partial charge in [-0.05, 0) is 62.5 Å². The molecule has 0 amide bonds. The summed E-state index contributed by atoms with van der Waals surface area (Å²) in [6.45, 7) is 3.73. The van der Waals surface area contributed by atoms with Crippen LogP contribution in [-0.2, 0) is 0 Å². The normalized spacial score (nSPS) is 12.3. The monoisotopic (exact) mass is 329 g/mol. The second-order valence-electron chi connectivity index (χ2n) is 4.88. The number of rotatable bonds is 6. The van der Waals surface area contributed by atoms with Crippen LogP contribution in [0.15, 0.2) is 59.7 Å². The minimum Gasteiger partial charge on any atom is -0.485 e. The van der Waals surface area contributed by atoms with Gasteiger partial charge in [-0.1, -0.05) is 18.2 Å². The summed E-state index contributed by atoms with van der Waals surface area (Å²) in [6.07, 6.45) is -0.210. The van der Waals surface area contributed by atoms with Crippen molar-refractivity contribution in [1.29, 1.82) is 0 Å². The van der Waals surface area contributed by atoms with Crippen LogP contribution in [0.25, 0.3) is 0 Å². The molecule has 0 bridgehead atoms. The summed E-state index contributed by atoms with van der Waals surface area (Å²) in [7, 11) is 0. The van der Waals surface area contributed by atoms with Crippen molar-refractivity contribution in [2.45, 2.75) is 20.0 Å². The van der Waals surface area contributed by atoms with Crippen molar-refractivity contribution in [1.82, 2.24) is 5.43 Å². The molecule has 23 heavy (non-hydrogen) atoms. The second kappa shape index (κ2) is 8.14. The minimum absolute atomic E-state index is 0.124. The van der Waals surface area contributed by atoms with Crippen molar-refractivity contribution in [3.8, 4) is 17.2 Å². The largest absolute Gasteiger partial charge is 0.485 e. The van der Waals surface area contributed by atoms with E-state index >= 15 is 0 Å². The van der Waals surface area contributed by atoms with Gasteiger partial charge in [-0.25, -0.2) is 0 Å². The summed E-state index contributed by atoms with van der Waals surface area (Å²) in [5, 5.41) is 4.17. The van der Waals surface area contributed by atoms with E-state index in [-0.39, 0.29) is 11.2 Å². The van der Waals surface area contributed by atoms with Crippen LogP contribution in [0.4, 0.5) is 0 Å². The van der Waals surface area contributed by atoms with Crippen LogP contribution < -0.4 is 20.6 Å². The Morgan fingerprint density at radius 1 is 1.04 bits per heavy atom. The number of nitrogens with zero attached hydrogens (tertiary/aromatic N) is 1. The molecule has 0 aliphatic heterocycles. The van der Waals surface area contributed by atoms with Gasteiger partial charge in [0.2, 0.25) is 0 Å². The number of nitrogens with one attached hydrogen (secondary N) is 1. The van der Waals surface area contributed by atoms with E-state index in [1.807, 2.05) is 68.4 Å². The lowest BCUT2D eigenvalue weighted by Gasteiger charge is -2.15. The lowest BCUT2D eigenvalue weighted by atomic mass is 10.2. The fourth-order valence-corrected chi connectivity index (χ4v) is 1.78. The summed E-state index contributed by atoms with van der Waals surface area (Å²) in [5.41, 5.74) is 8.62. The number of ether oxygens (including phenoxy) is 2. The molecule has 120 valence electrons. The number of hydrogen-bond acceptors (Lipinski definition) is 4. The standard InChI is InChI=1S/C17H19N3O2S/c1-12(19-20-17(18)23)13(2)21-15-8-10-16(11-9-15)22-14-6-4-3-5-7-14/h3-11,13H,1-2H3,(H3,18,20,23)/b19-12+. The first-order valence-corrected chi connectivity index (χ1v) is 7.54. The summed E-state index contributed by atoms with van der Waals surface area (Å²) < 4.78 is 11.5. The molecule has 0 aromatic heterocycles. The lowest BCUT2D eigenvalue weighted by molar-refractivity contribution is 0.285. The molecule has 0 aliphatic carbocycles. The van der Waals surface area contributed by atoms with Crippen molar-refractivity contribution < 1.29 is 9.47 Å². The molecule has 0 saturated carbocycles. The van der Waals surface area contributed by atoms with E-state index in [4.69, 9.17) is 27.4 Å². The fraction of sp³-hybridized carbons (Fsp3) is 0.176. The van der Waals surface area contributed by atoms with Gasteiger partial charge in [0.1, 0.15) is 23.4 Å². The van der Waals surface area contributed by atoms with E-state index in [2.05, 4.69) is 10.5 Å². The van der Waals surface area contributed by atoms with E-state index in [9.17, 15) is 0 Å². The van der Waals surface area contributed by atoms with Gasteiger partial charge in [0.05, 0.1) is 5.71 Å². The van der Waals surface area contributed by atoms with Crippen LogP contribution in [0.5, 0.6) is 17.2 Å². The zero-order valence-corrected chi connectivity index (χ0v) is 13.8. The van der Waals surface area contributed by atoms with E-state index in [0.29, 0.717) is 0 Å². The smallest absolute Gasteiger partial charge is 0.184 e. The molecule has 2 aromatic rings. The molecular formula is C17H19N3O2S. The summed E-state index contributed by atoms with van der Waals surface area (Å²) in [6, 6.07) is 17.0. The highest BCUT2D eigenvalue weighted by Gasteiger charge is 2.08. The first-order chi connectivity index (χ1) is 11.0. The topological polar surface area (TPSA) is 68.9 Å². The predicted octanol–water partition coefficient (Wildman–Crippen LogP) is 3.46. The summed E-state index contributed by atoms with van der Waals surface area (Å²) in [4.78, 5) is 0. The van der Waals surface area contributed by atoms with Crippen molar-refractivity contribution in [3.63, 3.8) is 0 Å². The van der Waals surface area contributed by atoms with E-state index in [1.54, 1.807) is 0 Å². The highest BCUT2D eigenvalue weighted by atomic mass is 32.1. The van der Waals surface area contributed by atoms with Gasteiger partial charge in [0, 0.05) is 0 Å². The average Bonchev–Trinajstić information content (AvgIpc) is 2.55. The van der Waals surface area contributed by atoms with Crippen LogP contribution in [0.2, 0.25) is 0 Å². The summed E-state index contributed by atoms with van der Waals surface area (Å²) in [5.74, 6) is 2.26. The third-order valence-corrected chi connectivity index (χ3v) is 3.14. The van der Waals surface area contributed by atoms with Crippen LogP contribution in [-0.4, -0.2) is 16.9 Å².